The highest BCUT2D eigenvalue weighted by Crippen LogP contribution is 2.20. The lowest BCUT2D eigenvalue weighted by Crippen LogP contribution is -2.44. The van der Waals surface area contributed by atoms with E-state index < -0.39 is 6.10 Å². The van der Waals surface area contributed by atoms with Gasteiger partial charge in [0.05, 0.1) is 0 Å². The summed E-state index contributed by atoms with van der Waals surface area (Å²) in [6, 6.07) is 7.97. The number of halogens is 1. The van der Waals surface area contributed by atoms with E-state index >= 15 is 0 Å². The van der Waals surface area contributed by atoms with E-state index in [1.54, 1.807) is 6.92 Å². The summed E-state index contributed by atoms with van der Waals surface area (Å²) in [6.45, 7) is 12.1. The van der Waals surface area contributed by atoms with Crippen molar-refractivity contribution in [3.8, 4) is 5.75 Å². The number of amides is 1. The SMILES string of the molecule is CC(Oc1cccc(C(C)C)c1)C(=O)NCCCN1CCNCC1.Cl. The molecule has 1 amide bonds. The van der Waals surface area contributed by atoms with Gasteiger partial charge in [0.1, 0.15) is 5.75 Å². The van der Waals surface area contributed by atoms with Crippen LogP contribution < -0.4 is 15.4 Å². The van der Waals surface area contributed by atoms with E-state index in [1.807, 2.05) is 18.2 Å². The molecule has 2 N–H and O–H groups in total. The number of carbonyl (C=O) groups is 1. The molecule has 0 aliphatic carbocycles. The molecule has 1 saturated heterocycles. The standard InChI is InChI=1S/C19H31N3O2.ClH/c1-15(2)17-6-4-7-18(14-17)24-16(3)19(23)21-8-5-11-22-12-9-20-10-13-22;/h4,6-7,14-16,20H,5,8-13H2,1-3H3,(H,21,23);1H. The number of nitrogens with zero attached hydrogens (tertiary/aromatic N) is 1. The zero-order chi connectivity index (χ0) is 17.4. The summed E-state index contributed by atoms with van der Waals surface area (Å²) < 4.78 is 5.78. The molecule has 0 radical (unpaired) electrons. The maximum Gasteiger partial charge on any atom is 0.260 e. The second-order valence-corrected chi connectivity index (χ2v) is 6.72. The van der Waals surface area contributed by atoms with Gasteiger partial charge in [0, 0.05) is 32.7 Å². The zero-order valence-electron chi connectivity index (χ0n) is 15.6. The average molecular weight is 370 g/mol. The number of ether oxygens (including phenoxy) is 1. The van der Waals surface area contributed by atoms with Crippen LogP contribution >= 0.6 is 12.4 Å². The predicted octanol–water partition coefficient (Wildman–Crippen LogP) is 2.41. The molecule has 1 aliphatic heterocycles. The van der Waals surface area contributed by atoms with Gasteiger partial charge in [-0.05, 0) is 43.5 Å². The molecule has 142 valence electrons. The smallest absolute Gasteiger partial charge is 0.260 e. The average Bonchev–Trinajstić information content (AvgIpc) is 2.59. The second kappa shape index (κ2) is 11.3. The number of piperazine rings is 1. The van der Waals surface area contributed by atoms with Crippen LogP contribution in [0, 0.1) is 0 Å². The molecule has 6 heteroatoms. The van der Waals surface area contributed by atoms with Crippen molar-refractivity contribution in [1.82, 2.24) is 15.5 Å². The molecule has 2 rings (SSSR count). The van der Waals surface area contributed by atoms with Gasteiger partial charge in [-0.1, -0.05) is 26.0 Å². The van der Waals surface area contributed by atoms with E-state index in [-0.39, 0.29) is 18.3 Å². The Labute approximate surface area is 157 Å². The molecule has 0 spiro atoms. The first-order valence-corrected chi connectivity index (χ1v) is 9.03. The Hall–Kier alpha value is -1.30. The van der Waals surface area contributed by atoms with Gasteiger partial charge in [0.25, 0.3) is 5.91 Å². The molecule has 1 unspecified atom stereocenters. The number of hydrogen-bond acceptors (Lipinski definition) is 4. The molecule has 1 aromatic rings. The first-order valence-electron chi connectivity index (χ1n) is 9.03. The topological polar surface area (TPSA) is 53.6 Å². The number of benzene rings is 1. The number of hydrogen-bond donors (Lipinski definition) is 2. The van der Waals surface area contributed by atoms with Crippen LogP contribution in [0.4, 0.5) is 0 Å². The zero-order valence-corrected chi connectivity index (χ0v) is 16.4. The van der Waals surface area contributed by atoms with Crippen molar-refractivity contribution in [2.45, 2.75) is 39.2 Å². The summed E-state index contributed by atoms with van der Waals surface area (Å²) in [5.41, 5.74) is 1.22. The molecule has 1 heterocycles. The molecule has 5 nitrogen and oxygen atoms in total. The van der Waals surface area contributed by atoms with Gasteiger partial charge in [-0.25, -0.2) is 0 Å². The van der Waals surface area contributed by atoms with Crippen LogP contribution in [0.2, 0.25) is 0 Å². The van der Waals surface area contributed by atoms with E-state index in [4.69, 9.17) is 4.74 Å². The molecule has 1 fully saturated rings. The molecule has 0 bridgehead atoms. The summed E-state index contributed by atoms with van der Waals surface area (Å²) in [5.74, 6) is 1.15. The third-order valence-electron chi connectivity index (χ3n) is 4.37. The highest BCUT2D eigenvalue weighted by atomic mass is 35.5. The van der Waals surface area contributed by atoms with E-state index in [1.165, 1.54) is 5.56 Å². The third-order valence-corrected chi connectivity index (χ3v) is 4.37. The highest BCUT2D eigenvalue weighted by molar-refractivity contribution is 5.85. The Bertz CT molecular complexity index is 519. The Morgan fingerprint density at radius 3 is 2.68 bits per heavy atom. The Morgan fingerprint density at radius 2 is 2.00 bits per heavy atom. The van der Waals surface area contributed by atoms with E-state index in [9.17, 15) is 4.79 Å². The van der Waals surface area contributed by atoms with Gasteiger partial charge >= 0.3 is 0 Å². The minimum Gasteiger partial charge on any atom is -0.481 e. The van der Waals surface area contributed by atoms with Crippen molar-refractivity contribution < 1.29 is 9.53 Å². The number of rotatable bonds is 8. The van der Waals surface area contributed by atoms with Crippen LogP contribution in [0.15, 0.2) is 24.3 Å². The van der Waals surface area contributed by atoms with Crippen LogP contribution in [0.25, 0.3) is 0 Å². The summed E-state index contributed by atoms with van der Waals surface area (Å²) in [7, 11) is 0. The summed E-state index contributed by atoms with van der Waals surface area (Å²) in [5, 5.41) is 6.32. The lowest BCUT2D eigenvalue weighted by Gasteiger charge is -2.27. The molecule has 1 aromatic carbocycles. The van der Waals surface area contributed by atoms with E-state index in [0.717, 1.165) is 44.9 Å². The van der Waals surface area contributed by atoms with Crippen molar-refractivity contribution in [3.63, 3.8) is 0 Å². The first-order chi connectivity index (χ1) is 11.6. The minimum atomic E-state index is -0.480. The lowest BCUT2D eigenvalue weighted by atomic mass is 10.0. The lowest BCUT2D eigenvalue weighted by molar-refractivity contribution is -0.127. The molecular weight excluding hydrogens is 338 g/mol. The van der Waals surface area contributed by atoms with Gasteiger partial charge in [-0.2, -0.15) is 0 Å². The maximum absolute atomic E-state index is 12.2. The molecule has 25 heavy (non-hydrogen) atoms. The highest BCUT2D eigenvalue weighted by Gasteiger charge is 2.15. The van der Waals surface area contributed by atoms with Crippen molar-refractivity contribution in [2.75, 3.05) is 39.3 Å². The maximum atomic E-state index is 12.2. The van der Waals surface area contributed by atoms with Gasteiger partial charge in [0.2, 0.25) is 0 Å². The Morgan fingerprint density at radius 1 is 1.28 bits per heavy atom. The minimum absolute atomic E-state index is 0. The van der Waals surface area contributed by atoms with Crippen molar-refractivity contribution >= 4 is 18.3 Å². The normalized spacial score (nSPS) is 16.2. The van der Waals surface area contributed by atoms with Crippen molar-refractivity contribution in [1.29, 1.82) is 0 Å². The fourth-order valence-corrected chi connectivity index (χ4v) is 2.80. The Balaban J connectivity index is 0.00000312. The van der Waals surface area contributed by atoms with Gasteiger partial charge in [-0.3, -0.25) is 4.79 Å². The van der Waals surface area contributed by atoms with E-state index in [2.05, 4.69) is 35.4 Å². The fourth-order valence-electron chi connectivity index (χ4n) is 2.80. The van der Waals surface area contributed by atoms with Gasteiger partial charge in [-0.15, -0.1) is 12.4 Å². The van der Waals surface area contributed by atoms with Crippen LogP contribution in [0.1, 0.15) is 38.7 Å². The van der Waals surface area contributed by atoms with Crippen molar-refractivity contribution in [3.05, 3.63) is 29.8 Å². The first kappa shape index (κ1) is 21.7. The molecule has 0 saturated carbocycles. The molecule has 1 atom stereocenters. The second-order valence-electron chi connectivity index (χ2n) is 6.72. The van der Waals surface area contributed by atoms with Crippen molar-refractivity contribution in [2.24, 2.45) is 0 Å². The number of carbonyl (C=O) groups excluding carboxylic acids is 1. The van der Waals surface area contributed by atoms with Gasteiger partial charge < -0.3 is 20.3 Å². The predicted molar refractivity (Wildman–Crippen MR) is 105 cm³/mol. The van der Waals surface area contributed by atoms with Crippen LogP contribution in [0.5, 0.6) is 5.75 Å². The van der Waals surface area contributed by atoms with Crippen LogP contribution in [0.3, 0.4) is 0 Å². The number of nitrogens with one attached hydrogen (secondary N) is 2. The van der Waals surface area contributed by atoms with Gasteiger partial charge in [0.15, 0.2) is 6.10 Å². The van der Waals surface area contributed by atoms with Crippen LogP contribution in [-0.2, 0) is 4.79 Å². The molecule has 0 aromatic heterocycles. The summed E-state index contributed by atoms with van der Waals surface area (Å²) in [6.07, 6.45) is 0.494. The van der Waals surface area contributed by atoms with E-state index in [0.29, 0.717) is 12.5 Å². The Kier molecular flexibility index (Phi) is 9.86. The third kappa shape index (κ3) is 7.63. The molecule has 1 aliphatic rings. The quantitative estimate of drug-likeness (QED) is 0.691. The summed E-state index contributed by atoms with van der Waals surface area (Å²) >= 11 is 0. The fraction of sp³-hybridized carbons (Fsp3) is 0.632. The van der Waals surface area contributed by atoms with Crippen LogP contribution in [-0.4, -0.2) is 56.2 Å². The summed E-state index contributed by atoms with van der Waals surface area (Å²) in [4.78, 5) is 14.6. The monoisotopic (exact) mass is 369 g/mol. The largest absolute Gasteiger partial charge is 0.481 e. The molecular formula is C19H32ClN3O2.